The zero-order chi connectivity index (χ0) is 16.2. The standard InChI is InChI=1S/C19H20BrNO2/c1-2-12-23-18-10-9-15(13-16(18)20)19(22)21-11-5-7-14-6-3-4-8-17(14)21/h3-4,6,8-10,13H,2,5,7,11-12H2,1H3. The van der Waals surface area contributed by atoms with Gasteiger partial charge in [-0.05, 0) is 65.0 Å². The van der Waals surface area contributed by atoms with E-state index in [4.69, 9.17) is 4.74 Å². The summed E-state index contributed by atoms with van der Waals surface area (Å²) in [5, 5.41) is 0. The Morgan fingerprint density at radius 1 is 1.26 bits per heavy atom. The molecule has 120 valence electrons. The van der Waals surface area contributed by atoms with E-state index in [1.807, 2.05) is 41.3 Å². The van der Waals surface area contributed by atoms with Crippen LogP contribution in [-0.2, 0) is 6.42 Å². The fourth-order valence-corrected chi connectivity index (χ4v) is 3.36. The number of benzene rings is 2. The van der Waals surface area contributed by atoms with E-state index in [1.165, 1.54) is 5.56 Å². The summed E-state index contributed by atoms with van der Waals surface area (Å²) >= 11 is 3.51. The van der Waals surface area contributed by atoms with Gasteiger partial charge in [-0.3, -0.25) is 4.79 Å². The van der Waals surface area contributed by atoms with E-state index < -0.39 is 0 Å². The third-order valence-electron chi connectivity index (χ3n) is 4.00. The van der Waals surface area contributed by atoms with E-state index in [1.54, 1.807) is 0 Å². The lowest BCUT2D eigenvalue weighted by atomic mass is 10.0. The van der Waals surface area contributed by atoms with Crippen molar-refractivity contribution in [3.8, 4) is 5.75 Å². The lowest BCUT2D eigenvalue weighted by molar-refractivity contribution is 0.0985. The highest BCUT2D eigenvalue weighted by Crippen LogP contribution is 2.30. The van der Waals surface area contributed by atoms with Gasteiger partial charge in [-0.2, -0.15) is 0 Å². The van der Waals surface area contributed by atoms with E-state index in [-0.39, 0.29) is 5.91 Å². The van der Waals surface area contributed by atoms with Gasteiger partial charge in [0.25, 0.3) is 5.91 Å². The number of hydrogen-bond donors (Lipinski definition) is 0. The molecule has 0 bridgehead atoms. The first-order valence-electron chi connectivity index (χ1n) is 8.03. The molecule has 0 spiro atoms. The number of amides is 1. The van der Waals surface area contributed by atoms with E-state index in [2.05, 4.69) is 28.9 Å². The number of hydrogen-bond acceptors (Lipinski definition) is 2. The van der Waals surface area contributed by atoms with E-state index >= 15 is 0 Å². The van der Waals surface area contributed by atoms with Gasteiger partial charge in [0, 0.05) is 17.8 Å². The molecule has 3 nitrogen and oxygen atoms in total. The molecule has 0 fully saturated rings. The van der Waals surface area contributed by atoms with Crippen LogP contribution in [0.2, 0.25) is 0 Å². The van der Waals surface area contributed by atoms with Crippen molar-refractivity contribution in [2.24, 2.45) is 0 Å². The fourth-order valence-electron chi connectivity index (χ4n) is 2.86. The van der Waals surface area contributed by atoms with E-state index in [0.29, 0.717) is 12.2 Å². The minimum atomic E-state index is 0.0416. The first kappa shape index (κ1) is 16.1. The predicted octanol–water partition coefficient (Wildman–Crippen LogP) is 4.83. The largest absolute Gasteiger partial charge is 0.492 e. The highest BCUT2D eigenvalue weighted by Gasteiger charge is 2.23. The van der Waals surface area contributed by atoms with Crippen molar-refractivity contribution in [3.05, 3.63) is 58.1 Å². The number of halogens is 1. The number of nitrogens with zero attached hydrogens (tertiary/aromatic N) is 1. The molecule has 0 N–H and O–H groups in total. The molecule has 1 amide bonds. The normalized spacial score (nSPS) is 13.6. The predicted molar refractivity (Wildman–Crippen MR) is 96.4 cm³/mol. The molecule has 1 aliphatic heterocycles. The Morgan fingerprint density at radius 2 is 2.09 bits per heavy atom. The van der Waals surface area contributed by atoms with Gasteiger partial charge in [-0.15, -0.1) is 0 Å². The van der Waals surface area contributed by atoms with E-state index in [9.17, 15) is 4.79 Å². The summed E-state index contributed by atoms with van der Waals surface area (Å²) in [6, 6.07) is 13.7. The lowest BCUT2D eigenvalue weighted by Crippen LogP contribution is -2.35. The van der Waals surface area contributed by atoms with Crippen LogP contribution >= 0.6 is 15.9 Å². The smallest absolute Gasteiger partial charge is 0.258 e. The van der Waals surface area contributed by atoms with Crippen LogP contribution in [0, 0.1) is 0 Å². The van der Waals surface area contributed by atoms with Crippen LogP contribution in [0.4, 0.5) is 5.69 Å². The molecule has 2 aromatic carbocycles. The summed E-state index contributed by atoms with van der Waals surface area (Å²) in [4.78, 5) is 14.8. The van der Waals surface area contributed by atoms with Gasteiger partial charge in [0.05, 0.1) is 11.1 Å². The van der Waals surface area contributed by atoms with Crippen molar-refractivity contribution in [1.82, 2.24) is 0 Å². The third-order valence-corrected chi connectivity index (χ3v) is 4.62. The minimum Gasteiger partial charge on any atom is -0.492 e. The van der Waals surface area contributed by atoms with Gasteiger partial charge in [-0.1, -0.05) is 25.1 Å². The van der Waals surface area contributed by atoms with Crippen molar-refractivity contribution < 1.29 is 9.53 Å². The van der Waals surface area contributed by atoms with Crippen LogP contribution in [0.1, 0.15) is 35.7 Å². The van der Waals surface area contributed by atoms with Gasteiger partial charge in [0.15, 0.2) is 0 Å². The fraction of sp³-hybridized carbons (Fsp3) is 0.316. The Bertz CT molecular complexity index is 714. The Morgan fingerprint density at radius 3 is 2.87 bits per heavy atom. The number of anilines is 1. The number of carbonyl (C=O) groups is 1. The molecule has 3 rings (SSSR count). The second-order valence-corrected chi connectivity index (χ2v) is 6.54. The minimum absolute atomic E-state index is 0.0416. The van der Waals surface area contributed by atoms with Crippen molar-refractivity contribution in [2.75, 3.05) is 18.1 Å². The maximum Gasteiger partial charge on any atom is 0.258 e. The molecule has 0 aliphatic carbocycles. The summed E-state index contributed by atoms with van der Waals surface area (Å²) in [7, 11) is 0. The number of aryl methyl sites for hydroxylation is 1. The SMILES string of the molecule is CCCOc1ccc(C(=O)N2CCCc3ccccc32)cc1Br. The van der Waals surface area contributed by atoms with E-state index in [0.717, 1.165) is 41.7 Å². The monoisotopic (exact) mass is 373 g/mol. The molecule has 2 aromatic rings. The quantitative estimate of drug-likeness (QED) is 0.767. The van der Waals surface area contributed by atoms with Gasteiger partial charge in [0.1, 0.15) is 5.75 Å². The average molecular weight is 374 g/mol. The van der Waals surface area contributed by atoms with Crippen LogP contribution in [0.3, 0.4) is 0 Å². The third kappa shape index (κ3) is 3.42. The molecule has 4 heteroatoms. The highest BCUT2D eigenvalue weighted by atomic mass is 79.9. The molecule has 0 radical (unpaired) electrons. The van der Waals surface area contributed by atoms with Gasteiger partial charge < -0.3 is 9.64 Å². The Kier molecular flexibility index (Phi) is 5.01. The second kappa shape index (κ2) is 7.18. The lowest BCUT2D eigenvalue weighted by Gasteiger charge is -2.29. The highest BCUT2D eigenvalue weighted by molar-refractivity contribution is 9.10. The molecule has 1 heterocycles. The number of para-hydroxylation sites is 1. The number of carbonyl (C=O) groups excluding carboxylic acids is 1. The van der Waals surface area contributed by atoms with Crippen molar-refractivity contribution >= 4 is 27.5 Å². The Balaban J connectivity index is 1.85. The summed E-state index contributed by atoms with van der Waals surface area (Å²) < 4.78 is 6.47. The molecule has 0 saturated heterocycles. The van der Waals surface area contributed by atoms with Crippen LogP contribution in [0.25, 0.3) is 0 Å². The molecule has 0 atom stereocenters. The number of ether oxygens (including phenoxy) is 1. The number of rotatable bonds is 4. The molecule has 1 aliphatic rings. The average Bonchev–Trinajstić information content (AvgIpc) is 2.59. The molecule has 0 aromatic heterocycles. The zero-order valence-corrected chi connectivity index (χ0v) is 14.8. The Labute approximate surface area is 145 Å². The molecule has 23 heavy (non-hydrogen) atoms. The molecule has 0 unspecified atom stereocenters. The summed E-state index contributed by atoms with van der Waals surface area (Å²) in [5.41, 5.74) is 2.96. The second-order valence-electron chi connectivity index (χ2n) is 5.68. The van der Waals surface area contributed by atoms with Crippen LogP contribution in [0.15, 0.2) is 46.9 Å². The molecular formula is C19H20BrNO2. The number of fused-ring (bicyclic) bond motifs is 1. The Hall–Kier alpha value is -1.81. The van der Waals surface area contributed by atoms with Crippen LogP contribution in [0.5, 0.6) is 5.75 Å². The van der Waals surface area contributed by atoms with Crippen molar-refractivity contribution in [1.29, 1.82) is 0 Å². The van der Waals surface area contributed by atoms with Crippen LogP contribution < -0.4 is 9.64 Å². The van der Waals surface area contributed by atoms with Crippen LogP contribution in [-0.4, -0.2) is 19.1 Å². The maximum atomic E-state index is 12.9. The summed E-state index contributed by atoms with van der Waals surface area (Å²) in [5.74, 6) is 0.822. The summed E-state index contributed by atoms with van der Waals surface area (Å²) in [6.07, 6.45) is 2.99. The van der Waals surface area contributed by atoms with Crippen molar-refractivity contribution in [2.45, 2.75) is 26.2 Å². The molecular weight excluding hydrogens is 354 g/mol. The maximum absolute atomic E-state index is 12.9. The first-order chi connectivity index (χ1) is 11.2. The summed E-state index contributed by atoms with van der Waals surface area (Å²) in [6.45, 7) is 3.51. The van der Waals surface area contributed by atoms with Gasteiger partial charge in [-0.25, -0.2) is 0 Å². The molecule has 0 saturated carbocycles. The zero-order valence-electron chi connectivity index (χ0n) is 13.2. The van der Waals surface area contributed by atoms with Crippen molar-refractivity contribution in [3.63, 3.8) is 0 Å². The van der Waals surface area contributed by atoms with Gasteiger partial charge >= 0.3 is 0 Å². The van der Waals surface area contributed by atoms with Gasteiger partial charge in [0.2, 0.25) is 0 Å². The topological polar surface area (TPSA) is 29.5 Å². The first-order valence-corrected chi connectivity index (χ1v) is 8.82.